The van der Waals surface area contributed by atoms with Gasteiger partial charge in [-0.2, -0.15) is 0 Å². The van der Waals surface area contributed by atoms with Crippen LogP contribution in [0.1, 0.15) is 15.9 Å². The molecule has 0 atom stereocenters. The molecule has 0 amide bonds. The number of ether oxygens (including phenoxy) is 1. The van der Waals surface area contributed by atoms with Crippen molar-refractivity contribution in [3.05, 3.63) is 65.9 Å². The number of sulfone groups is 1. The Labute approximate surface area is 145 Å². The van der Waals surface area contributed by atoms with Crippen LogP contribution in [0.3, 0.4) is 0 Å². The second-order valence-corrected chi connectivity index (χ2v) is 7.67. The van der Waals surface area contributed by atoms with Crippen LogP contribution < -0.4 is 4.74 Å². The Hall–Kier alpha value is -2.86. The number of hydrogen-bond donors (Lipinski definition) is 1. The van der Waals surface area contributed by atoms with Gasteiger partial charge in [0.2, 0.25) is 0 Å². The van der Waals surface area contributed by atoms with Crippen LogP contribution in [0.4, 0.5) is 0 Å². The maximum Gasteiger partial charge on any atom is 0.185 e. The number of methoxy groups -OCH3 is 1. The SMILES string of the molecule is COc1ccc2[nH]cc(C=CC(=O)c3ccc(S(C)(=O)=O)cc3)c2c1. The molecule has 0 saturated carbocycles. The Balaban J connectivity index is 1.85. The Kier molecular flexibility index (Phi) is 4.46. The molecule has 1 heterocycles. The lowest BCUT2D eigenvalue weighted by Gasteiger charge is -2.00. The van der Waals surface area contributed by atoms with E-state index in [0.29, 0.717) is 5.56 Å². The summed E-state index contributed by atoms with van der Waals surface area (Å²) in [6, 6.07) is 11.6. The lowest BCUT2D eigenvalue weighted by atomic mass is 10.1. The zero-order valence-corrected chi connectivity index (χ0v) is 14.6. The second kappa shape index (κ2) is 6.57. The van der Waals surface area contributed by atoms with Crippen molar-refractivity contribution in [2.24, 2.45) is 0 Å². The number of hydrogen-bond acceptors (Lipinski definition) is 4. The highest BCUT2D eigenvalue weighted by Gasteiger charge is 2.09. The fourth-order valence-corrected chi connectivity index (χ4v) is 3.14. The average Bonchev–Trinajstić information content (AvgIpc) is 3.01. The minimum Gasteiger partial charge on any atom is -0.497 e. The highest BCUT2D eigenvalue weighted by Crippen LogP contribution is 2.24. The number of ketones is 1. The number of benzene rings is 2. The molecule has 5 nitrogen and oxygen atoms in total. The van der Waals surface area contributed by atoms with E-state index >= 15 is 0 Å². The summed E-state index contributed by atoms with van der Waals surface area (Å²) >= 11 is 0. The van der Waals surface area contributed by atoms with Crippen molar-refractivity contribution in [2.45, 2.75) is 4.90 Å². The first kappa shape index (κ1) is 17.0. The van der Waals surface area contributed by atoms with E-state index in [1.165, 1.54) is 30.3 Å². The van der Waals surface area contributed by atoms with Gasteiger partial charge in [-0.05, 0) is 54.6 Å². The quantitative estimate of drug-likeness (QED) is 0.561. The molecular weight excluding hydrogens is 338 g/mol. The molecule has 0 fully saturated rings. The van der Waals surface area contributed by atoms with E-state index in [0.717, 1.165) is 28.5 Å². The van der Waals surface area contributed by atoms with Gasteiger partial charge < -0.3 is 9.72 Å². The van der Waals surface area contributed by atoms with Crippen molar-refractivity contribution in [3.63, 3.8) is 0 Å². The standard InChI is InChI=1S/C19H17NO4S/c1-24-15-6-9-18-17(11-15)14(12-20-18)5-10-19(21)13-3-7-16(8-4-13)25(2,22)23/h3-12,20H,1-2H3. The van der Waals surface area contributed by atoms with E-state index in [4.69, 9.17) is 4.74 Å². The lowest BCUT2D eigenvalue weighted by Crippen LogP contribution is -1.99. The first-order chi connectivity index (χ1) is 11.9. The zero-order valence-electron chi connectivity index (χ0n) is 13.8. The van der Waals surface area contributed by atoms with Gasteiger partial charge in [0.15, 0.2) is 15.6 Å². The fourth-order valence-electron chi connectivity index (χ4n) is 2.51. The molecule has 1 aromatic heterocycles. The molecular formula is C19H17NO4S. The number of nitrogens with one attached hydrogen (secondary N) is 1. The molecule has 3 aromatic rings. The molecule has 25 heavy (non-hydrogen) atoms. The monoisotopic (exact) mass is 355 g/mol. The second-order valence-electron chi connectivity index (χ2n) is 5.65. The number of rotatable bonds is 5. The van der Waals surface area contributed by atoms with Crippen molar-refractivity contribution in [1.82, 2.24) is 4.98 Å². The summed E-state index contributed by atoms with van der Waals surface area (Å²) in [7, 11) is -1.67. The highest BCUT2D eigenvalue weighted by atomic mass is 32.2. The molecule has 0 aliphatic carbocycles. The van der Waals surface area contributed by atoms with Gasteiger partial charge in [-0.25, -0.2) is 8.42 Å². The number of fused-ring (bicyclic) bond motifs is 1. The van der Waals surface area contributed by atoms with Crippen LogP contribution in [0, 0.1) is 0 Å². The Morgan fingerprint density at radius 1 is 1.12 bits per heavy atom. The van der Waals surface area contributed by atoms with Crippen LogP contribution in [-0.4, -0.2) is 32.6 Å². The largest absolute Gasteiger partial charge is 0.497 e. The molecule has 0 radical (unpaired) electrons. The van der Waals surface area contributed by atoms with Crippen LogP contribution in [0.5, 0.6) is 5.75 Å². The summed E-state index contributed by atoms with van der Waals surface area (Å²) in [5.41, 5.74) is 2.25. The molecule has 0 bridgehead atoms. The molecule has 0 saturated heterocycles. The number of aromatic nitrogens is 1. The molecule has 0 spiro atoms. The van der Waals surface area contributed by atoms with Crippen molar-refractivity contribution in [1.29, 1.82) is 0 Å². The first-order valence-corrected chi connectivity index (χ1v) is 9.45. The normalized spacial score (nSPS) is 11.9. The summed E-state index contributed by atoms with van der Waals surface area (Å²) in [6.45, 7) is 0. The summed E-state index contributed by atoms with van der Waals surface area (Å²) in [5.74, 6) is 0.543. The van der Waals surface area contributed by atoms with E-state index < -0.39 is 9.84 Å². The van der Waals surface area contributed by atoms with Crippen molar-refractivity contribution >= 4 is 32.6 Å². The van der Waals surface area contributed by atoms with Crippen LogP contribution in [0.2, 0.25) is 0 Å². The number of allylic oxidation sites excluding steroid dienone is 1. The minimum absolute atomic E-state index is 0.191. The van der Waals surface area contributed by atoms with Gasteiger partial charge in [0.1, 0.15) is 5.75 Å². The van der Waals surface area contributed by atoms with Crippen molar-refractivity contribution < 1.29 is 17.9 Å². The first-order valence-electron chi connectivity index (χ1n) is 7.56. The number of H-pyrrole nitrogens is 1. The summed E-state index contributed by atoms with van der Waals surface area (Å²) in [5, 5.41) is 0.954. The van der Waals surface area contributed by atoms with E-state index in [2.05, 4.69) is 4.98 Å². The lowest BCUT2D eigenvalue weighted by molar-refractivity contribution is 0.104. The predicted octanol–water partition coefficient (Wildman–Crippen LogP) is 3.48. The number of carbonyl (C=O) groups is 1. The maximum atomic E-state index is 12.3. The van der Waals surface area contributed by atoms with Crippen molar-refractivity contribution in [3.8, 4) is 5.75 Å². The molecule has 0 aliphatic rings. The third-order valence-corrected chi connectivity index (χ3v) is 5.03. The van der Waals surface area contributed by atoms with Crippen LogP contribution >= 0.6 is 0 Å². The van der Waals surface area contributed by atoms with Crippen LogP contribution in [0.15, 0.2) is 59.6 Å². The Morgan fingerprint density at radius 2 is 1.84 bits per heavy atom. The van der Waals surface area contributed by atoms with Gasteiger partial charge in [0.05, 0.1) is 12.0 Å². The van der Waals surface area contributed by atoms with Gasteiger partial charge in [-0.15, -0.1) is 0 Å². The number of carbonyl (C=O) groups excluding carboxylic acids is 1. The molecule has 0 aliphatic heterocycles. The third-order valence-electron chi connectivity index (χ3n) is 3.90. The summed E-state index contributed by atoms with van der Waals surface area (Å²) < 4.78 is 28.1. The highest BCUT2D eigenvalue weighted by molar-refractivity contribution is 7.90. The van der Waals surface area contributed by atoms with Gasteiger partial charge in [-0.1, -0.05) is 0 Å². The van der Waals surface area contributed by atoms with E-state index in [1.54, 1.807) is 13.2 Å². The van der Waals surface area contributed by atoms with Gasteiger partial charge in [0.25, 0.3) is 0 Å². The Bertz CT molecular complexity index is 1060. The van der Waals surface area contributed by atoms with Crippen LogP contribution in [-0.2, 0) is 9.84 Å². The van der Waals surface area contributed by atoms with Gasteiger partial charge >= 0.3 is 0 Å². The average molecular weight is 355 g/mol. The zero-order chi connectivity index (χ0) is 18.0. The topological polar surface area (TPSA) is 76.2 Å². The molecule has 3 rings (SSSR count). The molecule has 0 unspecified atom stereocenters. The maximum absolute atomic E-state index is 12.3. The van der Waals surface area contributed by atoms with E-state index in [9.17, 15) is 13.2 Å². The van der Waals surface area contributed by atoms with E-state index in [-0.39, 0.29) is 10.7 Å². The van der Waals surface area contributed by atoms with Crippen LogP contribution in [0.25, 0.3) is 17.0 Å². The smallest absolute Gasteiger partial charge is 0.185 e. The van der Waals surface area contributed by atoms with E-state index in [1.807, 2.05) is 24.4 Å². The molecule has 1 N–H and O–H groups in total. The van der Waals surface area contributed by atoms with Gasteiger partial charge in [0, 0.05) is 34.5 Å². The number of aromatic amines is 1. The fraction of sp³-hybridized carbons (Fsp3) is 0.105. The summed E-state index contributed by atoms with van der Waals surface area (Å²) in [6.07, 6.45) is 6.15. The summed E-state index contributed by atoms with van der Waals surface area (Å²) in [4.78, 5) is 15.6. The molecule has 128 valence electrons. The molecule has 2 aromatic carbocycles. The predicted molar refractivity (Wildman–Crippen MR) is 97.8 cm³/mol. The van der Waals surface area contributed by atoms with Gasteiger partial charge in [-0.3, -0.25) is 4.79 Å². The molecule has 6 heteroatoms. The Morgan fingerprint density at radius 3 is 2.48 bits per heavy atom. The third kappa shape index (κ3) is 3.64. The minimum atomic E-state index is -3.27. The van der Waals surface area contributed by atoms with Crippen molar-refractivity contribution in [2.75, 3.05) is 13.4 Å².